The van der Waals surface area contributed by atoms with Crippen LogP contribution in [-0.4, -0.2) is 41.4 Å². The normalized spacial score (nSPS) is 22.6. The minimum Gasteiger partial charge on any atom is -0.366 e. The molecule has 24 heavy (non-hydrogen) atoms. The molecule has 0 spiro atoms. The second-order valence-corrected chi connectivity index (χ2v) is 6.78. The number of benzene rings is 1. The van der Waals surface area contributed by atoms with E-state index in [0.29, 0.717) is 18.2 Å². The number of amides is 1. The number of carbonyl (C=O) groups excluding carboxylic acids is 1. The van der Waals surface area contributed by atoms with Crippen LogP contribution in [0, 0.1) is 16.0 Å². The zero-order valence-corrected chi connectivity index (χ0v) is 13.7. The maximum atomic E-state index is 11.3. The Balaban J connectivity index is 1.64. The first kappa shape index (κ1) is 16.9. The van der Waals surface area contributed by atoms with Crippen molar-refractivity contribution in [3.05, 3.63) is 39.4 Å². The number of nitro benzene ring substituents is 1. The van der Waals surface area contributed by atoms with Gasteiger partial charge in [-0.25, -0.2) is 0 Å². The third-order valence-electron chi connectivity index (χ3n) is 5.26. The van der Waals surface area contributed by atoms with E-state index in [1.807, 2.05) is 0 Å². The Morgan fingerprint density at radius 2 is 2.08 bits per heavy atom. The van der Waals surface area contributed by atoms with Gasteiger partial charge in [0.25, 0.3) is 5.69 Å². The number of likely N-dealkylation sites (tertiary alicyclic amines) is 1. The standard InChI is InChI=1S/C17H24N4O3/c18-17(22)13-3-4-14(16(10-13)21(23)24)11-20-8-5-12(6-9-20)15-2-1-7-19-15/h3-4,10,12,15,19H,1-2,5-9,11H2,(H2,18,22). The van der Waals surface area contributed by atoms with Crippen LogP contribution >= 0.6 is 0 Å². The number of hydrogen-bond donors (Lipinski definition) is 2. The van der Waals surface area contributed by atoms with Gasteiger partial charge in [-0.2, -0.15) is 0 Å². The molecule has 2 saturated heterocycles. The number of carbonyl (C=O) groups is 1. The molecule has 1 atom stereocenters. The van der Waals surface area contributed by atoms with E-state index in [9.17, 15) is 14.9 Å². The Morgan fingerprint density at radius 1 is 1.33 bits per heavy atom. The highest BCUT2D eigenvalue weighted by Crippen LogP contribution is 2.28. The molecule has 2 heterocycles. The smallest absolute Gasteiger partial charge is 0.274 e. The highest BCUT2D eigenvalue weighted by Gasteiger charge is 2.29. The zero-order chi connectivity index (χ0) is 17.1. The van der Waals surface area contributed by atoms with Crippen LogP contribution in [0.15, 0.2) is 18.2 Å². The molecular formula is C17H24N4O3. The van der Waals surface area contributed by atoms with Crippen LogP contribution in [0.1, 0.15) is 41.6 Å². The summed E-state index contributed by atoms with van der Waals surface area (Å²) in [6.07, 6.45) is 4.80. The van der Waals surface area contributed by atoms with E-state index in [2.05, 4.69) is 10.2 Å². The first-order valence-corrected chi connectivity index (χ1v) is 8.57. The van der Waals surface area contributed by atoms with Gasteiger partial charge in [-0.1, -0.05) is 6.07 Å². The first-order chi connectivity index (χ1) is 11.5. The largest absolute Gasteiger partial charge is 0.366 e. The lowest BCUT2D eigenvalue weighted by Crippen LogP contribution is -2.40. The fourth-order valence-electron chi connectivity index (χ4n) is 3.89. The molecule has 0 aliphatic carbocycles. The van der Waals surface area contributed by atoms with Crippen molar-refractivity contribution < 1.29 is 9.72 Å². The Bertz CT molecular complexity index is 620. The van der Waals surface area contributed by atoms with Crippen LogP contribution in [0.2, 0.25) is 0 Å². The van der Waals surface area contributed by atoms with Crippen molar-refractivity contribution in [2.24, 2.45) is 11.7 Å². The monoisotopic (exact) mass is 332 g/mol. The molecule has 130 valence electrons. The van der Waals surface area contributed by atoms with E-state index in [1.54, 1.807) is 12.1 Å². The summed E-state index contributed by atoms with van der Waals surface area (Å²) in [6.45, 7) is 3.58. The minimum atomic E-state index is -0.644. The van der Waals surface area contributed by atoms with Gasteiger partial charge >= 0.3 is 0 Å². The summed E-state index contributed by atoms with van der Waals surface area (Å²) in [4.78, 5) is 24.3. The first-order valence-electron chi connectivity index (χ1n) is 8.57. The van der Waals surface area contributed by atoms with Gasteiger partial charge in [-0.3, -0.25) is 19.8 Å². The van der Waals surface area contributed by atoms with E-state index < -0.39 is 10.8 Å². The van der Waals surface area contributed by atoms with Gasteiger partial charge in [0.15, 0.2) is 0 Å². The van der Waals surface area contributed by atoms with Crippen LogP contribution in [0.4, 0.5) is 5.69 Å². The number of nitrogens with two attached hydrogens (primary N) is 1. The molecule has 7 heteroatoms. The summed E-state index contributed by atoms with van der Waals surface area (Å²) >= 11 is 0. The van der Waals surface area contributed by atoms with Gasteiger partial charge in [0.05, 0.1) is 4.92 Å². The van der Waals surface area contributed by atoms with E-state index in [1.165, 1.54) is 18.9 Å². The molecule has 1 aromatic carbocycles. The number of nitro groups is 1. The van der Waals surface area contributed by atoms with Crippen molar-refractivity contribution in [1.82, 2.24) is 10.2 Å². The van der Waals surface area contributed by atoms with Gasteiger partial charge in [0.1, 0.15) is 0 Å². The van der Waals surface area contributed by atoms with Gasteiger partial charge in [0, 0.05) is 29.8 Å². The minimum absolute atomic E-state index is 0.0223. The molecule has 3 rings (SSSR count). The van der Waals surface area contributed by atoms with Crippen molar-refractivity contribution in [3.63, 3.8) is 0 Å². The molecule has 0 radical (unpaired) electrons. The molecule has 1 unspecified atom stereocenters. The molecule has 0 bridgehead atoms. The molecule has 0 aromatic heterocycles. The van der Waals surface area contributed by atoms with Crippen molar-refractivity contribution in [1.29, 1.82) is 0 Å². The summed E-state index contributed by atoms with van der Waals surface area (Å²) in [6, 6.07) is 5.16. The van der Waals surface area contributed by atoms with Gasteiger partial charge in [-0.05, 0) is 57.3 Å². The molecule has 1 amide bonds. The number of hydrogen-bond acceptors (Lipinski definition) is 5. The molecule has 1 aromatic rings. The third kappa shape index (κ3) is 3.73. The van der Waals surface area contributed by atoms with Crippen LogP contribution in [-0.2, 0) is 6.54 Å². The number of nitrogens with zero attached hydrogens (tertiary/aromatic N) is 2. The maximum Gasteiger partial charge on any atom is 0.274 e. The molecule has 2 aliphatic heterocycles. The summed E-state index contributed by atoms with van der Waals surface area (Å²) < 4.78 is 0. The van der Waals surface area contributed by atoms with E-state index in [0.717, 1.165) is 38.4 Å². The second-order valence-electron chi connectivity index (χ2n) is 6.78. The Hall–Kier alpha value is -1.99. The average Bonchev–Trinajstić information content (AvgIpc) is 3.10. The summed E-state index contributed by atoms with van der Waals surface area (Å²) in [5, 5.41) is 14.9. The fourth-order valence-corrected chi connectivity index (χ4v) is 3.89. The fraction of sp³-hybridized carbons (Fsp3) is 0.588. The quantitative estimate of drug-likeness (QED) is 0.631. The van der Waals surface area contributed by atoms with Gasteiger partial charge in [-0.15, -0.1) is 0 Å². The molecular weight excluding hydrogens is 308 g/mol. The van der Waals surface area contributed by atoms with Crippen molar-refractivity contribution in [3.8, 4) is 0 Å². The molecule has 0 saturated carbocycles. The second kappa shape index (κ2) is 7.27. The van der Waals surface area contributed by atoms with Crippen molar-refractivity contribution in [2.45, 2.75) is 38.3 Å². The van der Waals surface area contributed by atoms with E-state index in [-0.39, 0.29) is 11.3 Å². The Kier molecular flexibility index (Phi) is 5.11. The highest BCUT2D eigenvalue weighted by molar-refractivity contribution is 5.93. The number of nitrogens with one attached hydrogen (secondary N) is 1. The van der Waals surface area contributed by atoms with Crippen LogP contribution in [0.5, 0.6) is 0 Å². The average molecular weight is 332 g/mol. The topological polar surface area (TPSA) is 102 Å². The van der Waals surface area contributed by atoms with E-state index in [4.69, 9.17) is 5.73 Å². The molecule has 7 nitrogen and oxygen atoms in total. The highest BCUT2D eigenvalue weighted by atomic mass is 16.6. The zero-order valence-electron chi connectivity index (χ0n) is 13.7. The predicted molar refractivity (Wildman–Crippen MR) is 90.6 cm³/mol. The summed E-state index contributed by atoms with van der Waals surface area (Å²) in [5.74, 6) is 0.0745. The van der Waals surface area contributed by atoms with Crippen LogP contribution in [0.3, 0.4) is 0 Å². The number of rotatable bonds is 5. The number of piperidine rings is 1. The van der Waals surface area contributed by atoms with Gasteiger partial charge in [0.2, 0.25) is 5.91 Å². The van der Waals surface area contributed by atoms with Crippen LogP contribution in [0.25, 0.3) is 0 Å². The van der Waals surface area contributed by atoms with Gasteiger partial charge < -0.3 is 11.1 Å². The maximum absolute atomic E-state index is 11.3. The molecule has 3 N–H and O–H groups in total. The lowest BCUT2D eigenvalue weighted by Gasteiger charge is -2.34. The predicted octanol–water partition coefficient (Wildman–Crippen LogP) is 1.66. The SMILES string of the molecule is NC(=O)c1ccc(CN2CCC(C3CCCN3)CC2)c([N+](=O)[O-])c1. The Labute approximate surface area is 141 Å². The van der Waals surface area contributed by atoms with Crippen molar-refractivity contribution >= 4 is 11.6 Å². The summed E-state index contributed by atoms with van der Waals surface area (Å²) in [7, 11) is 0. The van der Waals surface area contributed by atoms with Crippen molar-refractivity contribution in [2.75, 3.05) is 19.6 Å². The lowest BCUT2D eigenvalue weighted by molar-refractivity contribution is -0.385. The third-order valence-corrected chi connectivity index (χ3v) is 5.26. The summed E-state index contributed by atoms with van der Waals surface area (Å²) in [5.41, 5.74) is 6.01. The number of primary amides is 1. The van der Waals surface area contributed by atoms with E-state index >= 15 is 0 Å². The molecule has 2 fully saturated rings. The van der Waals surface area contributed by atoms with Crippen LogP contribution < -0.4 is 11.1 Å². The molecule has 2 aliphatic rings. The lowest BCUT2D eigenvalue weighted by atomic mass is 9.88. The Morgan fingerprint density at radius 3 is 2.67 bits per heavy atom.